The van der Waals surface area contributed by atoms with Crippen LogP contribution in [0.15, 0.2) is 6.20 Å². The molecular formula is C9H9ClN4OS. The van der Waals surface area contributed by atoms with Gasteiger partial charge in [-0.15, -0.1) is 5.10 Å². The van der Waals surface area contributed by atoms with E-state index >= 15 is 0 Å². The van der Waals surface area contributed by atoms with Gasteiger partial charge in [-0.2, -0.15) is 5.10 Å². The average molecular weight is 257 g/mol. The maximum atomic E-state index is 12.2. The van der Waals surface area contributed by atoms with Crippen molar-refractivity contribution in [3.63, 3.8) is 0 Å². The number of ketones is 1. The van der Waals surface area contributed by atoms with Crippen LogP contribution in [0.2, 0.25) is 5.02 Å². The van der Waals surface area contributed by atoms with Crippen LogP contribution in [0.25, 0.3) is 0 Å². The molecule has 2 aromatic heterocycles. The first-order valence-corrected chi connectivity index (χ1v) is 5.83. The summed E-state index contributed by atoms with van der Waals surface area (Å²) in [6.45, 7) is 1.93. The van der Waals surface area contributed by atoms with E-state index in [4.69, 9.17) is 11.6 Å². The van der Waals surface area contributed by atoms with Gasteiger partial charge in [0.25, 0.3) is 0 Å². The van der Waals surface area contributed by atoms with E-state index in [2.05, 4.69) is 14.7 Å². The maximum absolute atomic E-state index is 12.2. The molecule has 5 nitrogen and oxygen atoms in total. The molecule has 0 aliphatic heterocycles. The van der Waals surface area contributed by atoms with Crippen molar-refractivity contribution in [3.05, 3.63) is 27.5 Å². The Labute approximate surface area is 101 Å². The molecule has 0 aliphatic rings. The largest absolute Gasteiger partial charge is 0.286 e. The normalized spacial score (nSPS) is 10.7. The van der Waals surface area contributed by atoms with Gasteiger partial charge < -0.3 is 0 Å². The Morgan fingerprint density at radius 3 is 2.94 bits per heavy atom. The highest BCUT2D eigenvalue weighted by Crippen LogP contribution is 2.21. The van der Waals surface area contributed by atoms with Gasteiger partial charge in [0.2, 0.25) is 5.78 Å². The summed E-state index contributed by atoms with van der Waals surface area (Å²) in [6, 6.07) is 0. The van der Waals surface area contributed by atoms with Gasteiger partial charge in [0, 0.05) is 7.05 Å². The van der Waals surface area contributed by atoms with Crippen LogP contribution in [0.3, 0.4) is 0 Å². The smallest absolute Gasteiger partial charge is 0.226 e. The van der Waals surface area contributed by atoms with Gasteiger partial charge in [-0.25, -0.2) is 0 Å². The Bertz CT molecular complexity index is 514. The van der Waals surface area contributed by atoms with E-state index in [0.29, 0.717) is 27.7 Å². The van der Waals surface area contributed by atoms with Crippen molar-refractivity contribution in [2.24, 2.45) is 7.05 Å². The van der Waals surface area contributed by atoms with Crippen molar-refractivity contribution in [2.75, 3.05) is 0 Å². The van der Waals surface area contributed by atoms with Gasteiger partial charge >= 0.3 is 0 Å². The minimum Gasteiger partial charge on any atom is -0.286 e. The van der Waals surface area contributed by atoms with E-state index in [1.54, 1.807) is 7.05 Å². The summed E-state index contributed by atoms with van der Waals surface area (Å²) in [7, 11) is 1.68. The molecule has 0 radical (unpaired) electrons. The Balaban J connectivity index is 2.47. The highest BCUT2D eigenvalue weighted by atomic mass is 35.5. The number of aryl methyl sites for hydroxylation is 2. The van der Waals surface area contributed by atoms with Gasteiger partial charge in [-0.1, -0.05) is 23.0 Å². The van der Waals surface area contributed by atoms with Crippen molar-refractivity contribution >= 4 is 28.9 Å². The number of aromatic nitrogens is 4. The number of nitrogens with zero attached hydrogens (tertiary/aromatic N) is 4. The first-order chi connectivity index (χ1) is 7.65. The summed E-state index contributed by atoms with van der Waals surface area (Å²) in [5.41, 5.74) is 1.08. The molecule has 0 unspecified atom stereocenters. The Morgan fingerprint density at radius 2 is 2.38 bits per heavy atom. The van der Waals surface area contributed by atoms with Crippen LogP contribution in [-0.4, -0.2) is 25.2 Å². The number of carbonyl (C=O) groups is 1. The van der Waals surface area contributed by atoms with Gasteiger partial charge in [0.05, 0.1) is 16.9 Å². The topological polar surface area (TPSA) is 60.7 Å². The third-order valence-corrected chi connectivity index (χ3v) is 3.25. The number of carbonyl (C=O) groups excluding carboxylic acids is 1. The summed E-state index contributed by atoms with van der Waals surface area (Å²) in [6.07, 6.45) is 2.13. The summed E-state index contributed by atoms with van der Waals surface area (Å²) in [4.78, 5) is 12.7. The molecule has 0 aliphatic carbocycles. The Hall–Kier alpha value is -1.27. The molecule has 2 heterocycles. The molecule has 0 fully saturated rings. The number of rotatable bonds is 3. The lowest BCUT2D eigenvalue weighted by Crippen LogP contribution is -2.09. The quantitative estimate of drug-likeness (QED) is 0.785. The number of hydrogen-bond acceptors (Lipinski definition) is 5. The lowest BCUT2D eigenvalue weighted by molar-refractivity contribution is 0.103. The molecule has 0 amide bonds. The van der Waals surface area contributed by atoms with Crippen LogP contribution in [0.1, 0.15) is 28.0 Å². The lowest BCUT2D eigenvalue weighted by Gasteiger charge is -2.00. The van der Waals surface area contributed by atoms with Gasteiger partial charge in [-0.05, 0) is 18.0 Å². The van der Waals surface area contributed by atoms with E-state index in [-0.39, 0.29) is 5.78 Å². The number of hydrogen-bond donors (Lipinski definition) is 0. The standard InChI is InChI=1S/C9H9ClN4OS/c1-3-6-9(16-13-12-6)8(15)7-5(10)4-11-14(7)2/h4H,3H2,1-2H3. The van der Waals surface area contributed by atoms with E-state index in [1.165, 1.54) is 10.9 Å². The third kappa shape index (κ3) is 1.74. The van der Waals surface area contributed by atoms with Crippen molar-refractivity contribution in [2.45, 2.75) is 13.3 Å². The van der Waals surface area contributed by atoms with Crippen molar-refractivity contribution in [1.82, 2.24) is 19.4 Å². The second-order valence-electron chi connectivity index (χ2n) is 3.20. The average Bonchev–Trinajstić information content (AvgIpc) is 2.85. The van der Waals surface area contributed by atoms with Gasteiger partial charge in [0.1, 0.15) is 10.6 Å². The molecule has 16 heavy (non-hydrogen) atoms. The SMILES string of the molecule is CCc1nnsc1C(=O)c1c(Cl)cnn1C. The molecular weight excluding hydrogens is 248 g/mol. The molecule has 2 aromatic rings. The zero-order chi connectivity index (χ0) is 11.7. The number of halogens is 1. The lowest BCUT2D eigenvalue weighted by atomic mass is 10.2. The first kappa shape index (κ1) is 11.2. The molecule has 0 saturated heterocycles. The zero-order valence-electron chi connectivity index (χ0n) is 8.77. The van der Waals surface area contributed by atoms with Crippen molar-refractivity contribution in [1.29, 1.82) is 0 Å². The fourth-order valence-electron chi connectivity index (χ4n) is 1.39. The molecule has 0 saturated carbocycles. The summed E-state index contributed by atoms with van der Waals surface area (Å²) < 4.78 is 5.24. The van der Waals surface area contributed by atoms with E-state index in [1.807, 2.05) is 6.92 Å². The molecule has 2 rings (SSSR count). The Kier molecular flexibility index (Phi) is 3.02. The fraction of sp³-hybridized carbons (Fsp3) is 0.333. The minimum atomic E-state index is -0.170. The predicted molar refractivity (Wildman–Crippen MR) is 60.9 cm³/mol. The second kappa shape index (κ2) is 4.31. The van der Waals surface area contributed by atoms with Crippen LogP contribution in [0, 0.1) is 0 Å². The second-order valence-corrected chi connectivity index (χ2v) is 4.36. The van der Waals surface area contributed by atoms with Crippen molar-refractivity contribution in [3.8, 4) is 0 Å². The van der Waals surface area contributed by atoms with E-state index in [0.717, 1.165) is 11.5 Å². The van der Waals surface area contributed by atoms with Gasteiger partial charge in [0.15, 0.2) is 0 Å². The first-order valence-electron chi connectivity index (χ1n) is 4.68. The fourth-order valence-corrected chi connectivity index (χ4v) is 2.33. The monoisotopic (exact) mass is 256 g/mol. The molecule has 0 N–H and O–H groups in total. The third-order valence-electron chi connectivity index (χ3n) is 2.21. The van der Waals surface area contributed by atoms with Crippen LogP contribution in [-0.2, 0) is 13.5 Å². The van der Waals surface area contributed by atoms with Crippen LogP contribution < -0.4 is 0 Å². The summed E-state index contributed by atoms with van der Waals surface area (Å²) in [5, 5.41) is 8.18. The van der Waals surface area contributed by atoms with Crippen LogP contribution in [0.5, 0.6) is 0 Å². The summed E-state index contributed by atoms with van der Waals surface area (Å²) >= 11 is 7.00. The van der Waals surface area contributed by atoms with Crippen LogP contribution >= 0.6 is 23.1 Å². The highest BCUT2D eigenvalue weighted by Gasteiger charge is 2.22. The molecule has 0 spiro atoms. The maximum Gasteiger partial charge on any atom is 0.226 e. The van der Waals surface area contributed by atoms with E-state index in [9.17, 15) is 4.79 Å². The zero-order valence-corrected chi connectivity index (χ0v) is 10.3. The van der Waals surface area contributed by atoms with Gasteiger partial charge in [-0.3, -0.25) is 9.48 Å². The van der Waals surface area contributed by atoms with Crippen LogP contribution in [0.4, 0.5) is 0 Å². The predicted octanol–water partition coefficient (Wildman–Crippen LogP) is 1.72. The molecule has 7 heteroatoms. The minimum absolute atomic E-state index is 0.170. The molecule has 84 valence electrons. The molecule has 0 bridgehead atoms. The van der Waals surface area contributed by atoms with E-state index < -0.39 is 0 Å². The molecule has 0 atom stereocenters. The highest BCUT2D eigenvalue weighted by molar-refractivity contribution is 7.08. The Morgan fingerprint density at radius 1 is 1.62 bits per heavy atom. The molecule has 0 aromatic carbocycles. The van der Waals surface area contributed by atoms with Crippen molar-refractivity contribution < 1.29 is 4.79 Å². The summed E-state index contributed by atoms with van der Waals surface area (Å²) in [5.74, 6) is -0.170.